The van der Waals surface area contributed by atoms with Crippen LogP contribution in [0, 0.1) is 0 Å². The summed E-state index contributed by atoms with van der Waals surface area (Å²) in [5, 5.41) is 3.02. The predicted molar refractivity (Wildman–Crippen MR) is 91.5 cm³/mol. The summed E-state index contributed by atoms with van der Waals surface area (Å²) in [6.07, 6.45) is 1.91. The SMILES string of the molecule is CC(Cc1ccco1)NC(=O)C1CN(Cc2ccccc2)CCO1. The monoisotopic (exact) mass is 328 g/mol. The Morgan fingerprint density at radius 3 is 2.88 bits per heavy atom. The maximum absolute atomic E-state index is 12.4. The van der Waals surface area contributed by atoms with Gasteiger partial charge in [0.2, 0.25) is 0 Å². The van der Waals surface area contributed by atoms with E-state index in [1.54, 1.807) is 6.26 Å². The Morgan fingerprint density at radius 1 is 1.29 bits per heavy atom. The Balaban J connectivity index is 1.49. The highest BCUT2D eigenvalue weighted by Gasteiger charge is 2.27. The lowest BCUT2D eigenvalue weighted by Gasteiger charge is -2.32. The number of carbonyl (C=O) groups is 1. The number of rotatable bonds is 6. The van der Waals surface area contributed by atoms with E-state index in [0.29, 0.717) is 19.6 Å². The summed E-state index contributed by atoms with van der Waals surface area (Å²) in [6.45, 7) is 4.87. The first-order valence-electron chi connectivity index (χ1n) is 8.41. The van der Waals surface area contributed by atoms with Gasteiger partial charge in [-0.2, -0.15) is 0 Å². The van der Waals surface area contributed by atoms with Crippen LogP contribution >= 0.6 is 0 Å². The molecule has 128 valence electrons. The maximum Gasteiger partial charge on any atom is 0.250 e. The van der Waals surface area contributed by atoms with Gasteiger partial charge in [0, 0.05) is 32.1 Å². The first-order valence-corrected chi connectivity index (χ1v) is 8.41. The van der Waals surface area contributed by atoms with Crippen LogP contribution in [0.25, 0.3) is 0 Å². The second-order valence-corrected chi connectivity index (χ2v) is 6.27. The molecule has 1 aliphatic heterocycles. The third-order valence-corrected chi connectivity index (χ3v) is 4.17. The number of carbonyl (C=O) groups excluding carboxylic acids is 1. The molecule has 0 radical (unpaired) electrons. The Kier molecular flexibility index (Phi) is 5.67. The fraction of sp³-hybridized carbons (Fsp3) is 0.421. The van der Waals surface area contributed by atoms with E-state index in [2.05, 4.69) is 22.3 Å². The molecule has 2 aromatic rings. The third-order valence-electron chi connectivity index (χ3n) is 4.17. The third kappa shape index (κ3) is 4.69. The van der Waals surface area contributed by atoms with Gasteiger partial charge in [-0.25, -0.2) is 0 Å². The van der Waals surface area contributed by atoms with Gasteiger partial charge in [0.05, 0.1) is 12.9 Å². The average molecular weight is 328 g/mol. The molecule has 0 aliphatic carbocycles. The normalized spacial score (nSPS) is 19.8. The number of benzene rings is 1. The molecule has 1 saturated heterocycles. The molecule has 2 unspecified atom stereocenters. The molecule has 1 aliphatic rings. The van der Waals surface area contributed by atoms with Gasteiger partial charge in [0.1, 0.15) is 11.9 Å². The minimum atomic E-state index is -0.415. The zero-order chi connectivity index (χ0) is 16.8. The minimum Gasteiger partial charge on any atom is -0.469 e. The van der Waals surface area contributed by atoms with E-state index in [9.17, 15) is 4.79 Å². The van der Waals surface area contributed by atoms with Gasteiger partial charge in [-0.15, -0.1) is 0 Å². The van der Waals surface area contributed by atoms with Crippen LogP contribution in [0.4, 0.5) is 0 Å². The van der Waals surface area contributed by atoms with Crippen molar-refractivity contribution >= 4 is 5.91 Å². The molecule has 3 rings (SSSR count). The Hall–Kier alpha value is -2.11. The molecule has 0 bridgehead atoms. The zero-order valence-corrected chi connectivity index (χ0v) is 14.0. The Bertz CT molecular complexity index is 627. The number of morpholine rings is 1. The molecule has 1 aromatic carbocycles. The predicted octanol–water partition coefficient (Wildman–Crippen LogP) is 2.23. The van der Waals surface area contributed by atoms with Crippen molar-refractivity contribution in [3.63, 3.8) is 0 Å². The molecule has 5 heteroatoms. The number of furan rings is 1. The maximum atomic E-state index is 12.4. The topological polar surface area (TPSA) is 54.7 Å². The summed E-state index contributed by atoms with van der Waals surface area (Å²) in [7, 11) is 0. The van der Waals surface area contributed by atoms with Gasteiger partial charge in [-0.05, 0) is 24.6 Å². The molecule has 1 N–H and O–H groups in total. The van der Waals surface area contributed by atoms with Gasteiger partial charge >= 0.3 is 0 Å². The summed E-state index contributed by atoms with van der Waals surface area (Å²) < 4.78 is 11.0. The number of ether oxygens (including phenoxy) is 1. The van der Waals surface area contributed by atoms with Crippen molar-refractivity contribution in [1.29, 1.82) is 0 Å². The lowest BCUT2D eigenvalue weighted by molar-refractivity contribution is -0.139. The summed E-state index contributed by atoms with van der Waals surface area (Å²) in [5.41, 5.74) is 1.25. The quantitative estimate of drug-likeness (QED) is 0.883. The van der Waals surface area contributed by atoms with Crippen LogP contribution in [0.5, 0.6) is 0 Å². The van der Waals surface area contributed by atoms with E-state index in [1.165, 1.54) is 5.56 Å². The number of nitrogens with one attached hydrogen (secondary N) is 1. The minimum absolute atomic E-state index is 0.0109. The van der Waals surface area contributed by atoms with Crippen LogP contribution in [0.3, 0.4) is 0 Å². The van der Waals surface area contributed by atoms with Crippen LogP contribution in [0.1, 0.15) is 18.2 Å². The largest absolute Gasteiger partial charge is 0.469 e. The highest BCUT2D eigenvalue weighted by atomic mass is 16.5. The van der Waals surface area contributed by atoms with Gasteiger partial charge < -0.3 is 14.5 Å². The second kappa shape index (κ2) is 8.13. The van der Waals surface area contributed by atoms with Gasteiger partial charge in [0.15, 0.2) is 0 Å². The van der Waals surface area contributed by atoms with Gasteiger partial charge in [-0.3, -0.25) is 9.69 Å². The van der Waals surface area contributed by atoms with Crippen molar-refractivity contribution in [3.8, 4) is 0 Å². The first kappa shape index (κ1) is 16.7. The lowest BCUT2D eigenvalue weighted by Crippen LogP contribution is -2.51. The highest BCUT2D eigenvalue weighted by molar-refractivity contribution is 5.81. The van der Waals surface area contributed by atoms with Gasteiger partial charge in [0.25, 0.3) is 5.91 Å². The molecule has 24 heavy (non-hydrogen) atoms. The van der Waals surface area contributed by atoms with Crippen molar-refractivity contribution in [1.82, 2.24) is 10.2 Å². The molecular formula is C19H24N2O3. The zero-order valence-electron chi connectivity index (χ0n) is 14.0. The van der Waals surface area contributed by atoms with E-state index in [4.69, 9.17) is 9.15 Å². The van der Waals surface area contributed by atoms with Crippen LogP contribution < -0.4 is 5.32 Å². The first-order chi connectivity index (χ1) is 11.7. The Morgan fingerprint density at radius 2 is 2.12 bits per heavy atom. The van der Waals surface area contributed by atoms with E-state index in [1.807, 2.05) is 37.3 Å². The smallest absolute Gasteiger partial charge is 0.250 e. The number of hydrogen-bond acceptors (Lipinski definition) is 4. The standard InChI is InChI=1S/C19H24N2O3/c1-15(12-17-8-5-10-23-17)20-19(22)18-14-21(9-11-24-18)13-16-6-3-2-4-7-16/h2-8,10,15,18H,9,11-14H2,1H3,(H,20,22). The van der Waals surface area contributed by atoms with Crippen LogP contribution in [-0.2, 0) is 22.5 Å². The van der Waals surface area contributed by atoms with Crippen molar-refractivity contribution in [2.24, 2.45) is 0 Å². The van der Waals surface area contributed by atoms with E-state index >= 15 is 0 Å². The number of nitrogens with zero attached hydrogens (tertiary/aromatic N) is 1. The molecule has 0 spiro atoms. The average Bonchev–Trinajstić information content (AvgIpc) is 3.09. The molecular weight excluding hydrogens is 304 g/mol. The molecule has 1 aromatic heterocycles. The van der Waals surface area contributed by atoms with Crippen LogP contribution in [0.15, 0.2) is 53.1 Å². The molecule has 2 heterocycles. The summed E-state index contributed by atoms with van der Waals surface area (Å²) >= 11 is 0. The van der Waals surface area contributed by atoms with Crippen LogP contribution in [0.2, 0.25) is 0 Å². The van der Waals surface area contributed by atoms with Gasteiger partial charge in [-0.1, -0.05) is 30.3 Å². The van der Waals surface area contributed by atoms with Crippen molar-refractivity contribution in [3.05, 3.63) is 60.1 Å². The molecule has 5 nitrogen and oxygen atoms in total. The molecule has 0 saturated carbocycles. The highest BCUT2D eigenvalue weighted by Crippen LogP contribution is 2.11. The lowest BCUT2D eigenvalue weighted by atomic mass is 10.1. The summed E-state index contributed by atoms with van der Waals surface area (Å²) in [6, 6.07) is 14.1. The van der Waals surface area contributed by atoms with Crippen molar-refractivity contribution in [2.45, 2.75) is 32.0 Å². The fourth-order valence-corrected chi connectivity index (χ4v) is 2.96. The summed E-state index contributed by atoms with van der Waals surface area (Å²) in [5.74, 6) is 0.824. The second-order valence-electron chi connectivity index (χ2n) is 6.27. The number of hydrogen-bond donors (Lipinski definition) is 1. The Labute approximate surface area is 142 Å². The fourth-order valence-electron chi connectivity index (χ4n) is 2.96. The van der Waals surface area contributed by atoms with Crippen LogP contribution in [-0.4, -0.2) is 42.6 Å². The molecule has 2 atom stereocenters. The van der Waals surface area contributed by atoms with E-state index in [0.717, 1.165) is 18.8 Å². The summed E-state index contributed by atoms with van der Waals surface area (Å²) in [4.78, 5) is 14.7. The van der Waals surface area contributed by atoms with E-state index < -0.39 is 6.10 Å². The van der Waals surface area contributed by atoms with Crippen molar-refractivity contribution < 1.29 is 13.9 Å². The molecule has 1 amide bonds. The van der Waals surface area contributed by atoms with E-state index in [-0.39, 0.29) is 11.9 Å². The molecule has 1 fully saturated rings. The number of amides is 1. The van der Waals surface area contributed by atoms with Crippen molar-refractivity contribution in [2.75, 3.05) is 19.7 Å².